The molecule has 1 aromatic heterocycles. The molecular formula is C14H10Cl2O2S. The Morgan fingerprint density at radius 3 is 2.68 bits per heavy atom. The molecule has 3 rings (SSSR count). The van der Waals surface area contributed by atoms with E-state index in [0.717, 1.165) is 18.6 Å². The Hall–Kier alpha value is -1.03. The molecule has 1 aromatic carbocycles. The van der Waals surface area contributed by atoms with Gasteiger partial charge in [-0.25, -0.2) is 0 Å². The Labute approximate surface area is 124 Å². The number of ketones is 1. The average Bonchev–Trinajstić information content (AvgIpc) is 3.13. The molecule has 0 N–H and O–H groups in total. The van der Waals surface area contributed by atoms with Crippen LogP contribution >= 0.6 is 34.5 Å². The average molecular weight is 313 g/mol. The van der Waals surface area contributed by atoms with E-state index < -0.39 is 0 Å². The summed E-state index contributed by atoms with van der Waals surface area (Å²) in [6, 6.07) is 8.78. The molecule has 1 heterocycles. The molecule has 2 nitrogen and oxygen atoms in total. The maximum atomic E-state index is 12.3. The van der Waals surface area contributed by atoms with E-state index in [1.54, 1.807) is 18.2 Å². The van der Waals surface area contributed by atoms with Crippen LogP contribution in [-0.4, -0.2) is 11.9 Å². The summed E-state index contributed by atoms with van der Waals surface area (Å²) in [4.78, 5) is 12.3. The van der Waals surface area contributed by atoms with Crippen molar-refractivity contribution in [3.05, 3.63) is 50.1 Å². The molecule has 0 atom stereocenters. The van der Waals surface area contributed by atoms with Crippen LogP contribution in [0.1, 0.15) is 28.8 Å². The van der Waals surface area contributed by atoms with Gasteiger partial charge in [0.05, 0.1) is 16.0 Å². The number of carbonyl (C=O) groups is 1. The second-order valence-corrected chi connectivity index (χ2v) is 6.70. The van der Waals surface area contributed by atoms with Crippen molar-refractivity contribution in [2.24, 2.45) is 0 Å². The zero-order chi connectivity index (χ0) is 13.4. The Bertz CT molecular complexity index is 632. The molecule has 5 heteroatoms. The van der Waals surface area contributed by atoms with E-state index in [9.17, 15) is 4.79 Å². The van der Waals surface area contributed by atoms with Gasteiger partial charge in [-0.1, -0.05) is 35.3 Å². The summed E-state index contributed by atoms with van der Waals surface area (Å²) in [6.07, 6.45) is 2.48. The zero-order valence-electron chi connectivity index (χ0n) is 9.86. The lowest BCUT2D eigenvalue weighted by Crippen LogP contribution is -2.02. The molecule has 2 aromatic rings. The normalized spacial score (nSPS) is 14.4. The van der Waals surface area contributed by atoms with Crippen LogP contribution in [0.15, 0.2) is 30.3 Å². The number of ether oxygens (including phenoxy) is 1. The molecule has 0 unspecified atom stereocenters. The summed E-state index contributed by atoms with van der Waals surface area (Å²) >= 11 is 13.1. The lowest BCUT2D eigenvalue weighted by atomic mass is 10.1. The lowest BCUT2D eigenvalue weighted by Gasteiger charge is -2.06. The fraction of sp³-hybridized carbons (Fsp3) is 0.214. The third-order valence-corrected chi connectivity index (χ3v) is 4.31. The molecule has 1 saturated carbocycles. The van der Waals surface area contributed by atoms with Gasteiger partial charge in [-0.3, -0.25) is 4.79 Å². The van der Waals surface area contributed by atoms with Crippen molar-refractivity contribution >= 4 is 40.3 Å². The molecule has 1 fully saturated rings. The molecule has 0 amide bonds. The van der Waals surface area contributed by atoms with E-state index in [4.69, 9.17) is 27.9 Å². The highest BCUT2D eigenvalue weighted by Crippen LogP contribution is 2.33. The largest absolute Gasteiger partial charge is 0.490 e. The van der Waals surface area contributed by atoms with E-state index in [2.05, 4.69) is 0 Å². The minimum Gasteiger partial charge on any atom is -0.490 e. The Balaban J connectivity index is 1.88. The summed E-state index contributed by atoms with van der Waals surface area (Å²) in [5.41, 5.74) is 1.01. The minimum atomic E-state index is -0.130. The van der Waals surface area contributed by atoms with Crippen LogP contribution in [0.5, 0.6) is 5.75 Å². The predicted octanol–water partition coefficient (Wildman–Crippen LogP) is 4.83. The van der Waals surface area contributed by atoms with Crippen LogP contribution in [0.3, 0.4) is 0 Å². The van der Waals surface area contributed by atoms with Crippen LogP contribution < -0.4 is 4.74 Å². The molecule has 0 radical (unpaired) electrons. The van der Waals surface area contributed by atoms with Crippen LogP contribution in [-0.2, 0) is 0 Å². The van der Waals surface area contributed by atoms with Gasteiger partial charge in [0, 0.05) is 5.56 Å². The number of rotatable bonds is 4. The summed E-state index contributed by atoms with van der Waals surface area (Å²) in [5.74, 6) is 0.597. The second kappa shape index (κ2) is 5.16. The third-order valence-electron chi connectivity index (χ3n) is 2.82. The molecule has 19 heavy (non-hydrogen) atoms. The SMILES string of the molecule is O=C(c1cccc(OC2CC2)c1)c1cc(Cl)sc1Cl. The number of hydrogen-bond donors (Lipinski definition) is 0. The zero-order valence-corrected chi connectivity index (χ0v) is 12.2. The molecule has 98 valence electrons. The highest BCUT2D eigenvalue weighted by atomic mass is 35.5. The number of halogens is 2. The van der Waals surface area contributed by atoms with E-state index in [0.29, 0.717) is 25.9 Å². The Morgan fingerprint density at radius 2 is 2.05 bits per heavy atom. The highest BCUT2D eigenvalue weighted by Gasteiger charge is 2.24. The molecule has 1 aliphatic carbocycles. The maximum absolute atomic E-state index is 12.3. The first-order valence-corrected chi connectivity index (χ1v) is 7.47. The van der Waals surface area contributed by atoms with Crippen LogP contribution in [0.4, 0.5) is 0 Å². The lowest BCUT2D eigenvalue weighted by molar-refractivity contribution is 0.103. The van der Waals surface area contributed by atoms with Crippen molar-refractivity contribution < 1.29 is 9.53 Å². The molecule has 0 spiro atoms. The van der Waals surface area contributed by atoms with Gasteiger partial charge in [-0.2, -0.15) is 0 Å². The fourth-order valence-corrected chi connectivity index (χ4v) is 3.20. The summed E-state index contributed by atoms with van der Waals surface area (Å²) in [5, 5.41) is 0. The van der Waals surface area contributed by atoms with Crippen molar-refractivity contribution in [3.8, 4) is 5.75 Å². The predicted molar refractivity (Wildman–Crippen MR) is 77.9 cm³/mol. The Morgan fingerprint density at radius 1 is 1.26 bits per heavy atom. The first kappa shape index (κ1) is 13.0. The standard InChI is InChI=1S/C14H10Cl2O2S/c15-12-7-11(14(16)19-12)13(17)8-2-1-3-10(6-8)18-9-4-5-9/h1-3,6-7,9H,4-5H2. The molecule has 1 aliphatic rings. The molecular weight excluding hydrogens is 303 g/mol. The van der Waals surface area contributed by atoms with Crippen molar-refractivity contribution in [2.75, 3.05) is 0 Å². The van der Waals surface area contributed by atoms with Gasteiger partial charge in [0.2, 0.25) is 0 Å². The van der Waals surface area contributed by atoms with Gasteiger partial charge < -0.3 is 4.74 Å². The van der Waals surface area contributed by atoms with Crippen molar-refractivity contribution in [1.82, 2.24) is 0 Å². The van der Waals surface area contributed by atoms with Crippen molar-refractivity contribution in [1.29, 1.82) is 0 Å². The first-order chi connectivity index (χ1) is 9.13. The number of thiophene rings is 1. The smallest absolute Gasteiger partial charge is 0.195 e. The monoisotopic (exact) mass is 312 g/mol. The number of benzene rings is 1. The van der Waals surface area contributed by atoms with E-state index in [1.807, 2.05) is 12.1 Å². The van der Waals surface area contributed by atoms with Gasteiger partial charge in [-0.05, 0) is 31.0 Å². The minimum absolute atomic E-state index is 0.130. The van der Waals surface area contributed by atoms with Crippen molar-refractivity contribution in [3.63, 3.8) is 0 Å². The highest BCUT2D eigenvalue weighted by molar-refractivity contribution is 7.20. The molecule has 0 aliphatic heterocycles. The maximum Gasteiger partial charge on any atom is 0.195 e. The van der Waals surface area contributed by atoms with Gasteiger partial charge >= 0.3 is 0 Å². The van der Waals surface area contributed by atoms with Gasteiger partial charge in [0.1, 0.15) is 10.1 Å². The quantitative estimate of drug-likeness (QED) is 0.756. The third kappa shape index (κ3) is 2.94. The second-order valence-electron chi connectivity index (χ2n) is 4.41. The number of hydrogen-bond acceptors (Lipinski definition) is 3. The van der Waals surface area contributed by atoms with E-state index in [1.165, 1.54) is 11.3 Å². The molecule has 0 saturated heterocycles. The van der Waals surface area contributed by atoms with Gasteiger partial charge in [0.15, 0.2) is 5.78 Å². The first-order valence-electron chi connectivity index (χ1n) is 5.90. The van der Waals surface area contributed by atoms with E-state index in [-0.39, 0.29) is 5.78 Å². The topological polar surface area (TPSA) is 26.3 Å². The summed E-state index contributed by atoms with van der Waals surface area (Å²) in [6.45, 7) is 0. The summed E-state index contributed by atoms with van der Waals surface area (Å²) < 4.78 is 6.61. The van der Waals surface area contributed by atoms with E-state index >= 15 is 0 Å². The molecule has 0 bridgehead atoms. The number of carbonyl (C=O) groups excluding carboxylic acids is 1. The van der Waals surface area contributed by atoms with Crippen LogP contribution in [0.25, 0.3) is 0 Å². The van der Waals surface area contributed by atoms with Gasteiger partial charge in [-0.15, -0.1) is 11.3 Å². The summed E-state index contributed by atoms with van der Waals surface area (Å²) in [7, 11) is 0. The fourth-order valence-electron chi connectivity index (χ4n) is 1.74. The van der Waals surface area contributed by atoms with Crippen LogP contribution in [0.2, 0.25) is 8.67 Å². The van der Waals surface area contributed by atoms with Crippen LogP contribution in [0, 0.1) is 0 Å². The van der Waals surface area contributed by atoms with Gasteiger partial charge in [0.25, 0.3) is 0 Å². The van der Waals surface area contributed by atoms with Crippen molar-refractivity contribution in [2.45, 2.75) is 18.9 Å². The Kier molecular flexibility index (Phi) is 3.52.